The maximum atomic E-state index is 11.3. The van der Waals surface area contributed by atoms with E-state index in [0.29, 0.717) is 6.54 Å². The highest BCUT2D eigenvalue weighted by Crippen LogP contribution is 2.06. The number of ether oxygens (including phenoxy) is 1. The van der Waals surface area contributed by atoms with Crippen molar-refractivity contribution in [2.75, 3.05) is 13.7 Å². The van der Waals surface area contributed by atoms with Crippen molar-refractivity contribution in [3.05, 3.63) is 30.1 Å². The summed E-state index contributed by atoms with van der Waals surface area (Å²) in [5.74, 6) is -0.351. The van der Waals surface area contributed by atoms with E-state index >= 15 is 0 Å². The molecule has 92 valence electrons. The lowest BCUT2D eigenvalue weighted by molar-refractivity contribution is -0.140. The van der Waals surface area contributed by atoms with Gasteiger partial charge in [0, 0.05) is 25.5 Å². The minimum atomic E-state index is -0.377. The predicted molar refractivity (Wildman–Crippen MR) is 65.7 cm³/mol. The molecule has 6 heteroatoms. The number of thiol groups is 1. The molecule has 0 saturated heterocycles. The average molecular weight is 254 g/mol. The summed E-state index contributed by atoms with van der Waals surface area (Å²) in [5.41, 5.74) is 0.889. The number of esters is 1. The summed E-state index contributed by atoms with van der Waals surface area (Å²) < 4.78 is 4.52. The molecule has 0 saturated carbocycles. The molecule has 5 nitrogen and oxygen atoms in total. The number of carbonyl (C=O) groups is 2. The van der Waals surface area contributed by atoms with Crippen molar-refractivity contribution in [3.63, 3.8) is 0 Å². The van der Waals surface area contributed by atoms with Gasteiger partial charge in [0.05, 0.1) is 13.5 Å². The molecular formula is C11H14N2O3S. The molecule has 0 N–H and O–H groups in total. The molecular weight excluding hydrogens is 240 g/mol. The van der Waals surface area contributed by atoms with Crippen molar-refractivity contribution in [2.24, 2.45) is 0 Å². The molecule has 1 rings (SSSR count). The van der Waals surface area contributed by atoms with Crippen molar-refractivity contribution < 1.29 is 14.3 Å². The number of amides is 1. The number of hydrogen-bond acceptors (Lipinski definition) is 4. The van der Waals surface area contributed by atoms with Crippen LogP contribution in [0.1, 0.15) is 12.0 Å². The number of hydrogen-bond donors (Lipinski definition) is 1. The van der Waals surface area contributed by atoms with Gasteiger partial charge in [-0.05, 0) is 11.6 Å². The van der Waals surface area contributed by atoms with E-state index in [1.807, 2.05) is 6.07 Å². The largest absolute Gasteiger partial charge is 0.469 e. The van der Waals surface area contributed by atoms with Crippen molar-refractivity contribution in [2.45, 2.75) is 13.0 Å². The van der Waals surface area contributed by atoms with E-state index in [1.54, 1.807) is 18.5 Å². The van der Waals surface area contributed by atoms with Crippen LogP contribution in [0, 0.1) is 0 Å². The Labute approximate surface area is 105 Å². The first kappa shape index (κ1) is 13.5. The van der Waals surface area contributed by atoms with Gasteiger partial charge < -0.3 is 9.64 Å². The molecule has 0 aliphatic heterocycles. The summed E-state index contributed by atoms with van der Waals surface area (Å²) >= 11 is 3.77. The topological polar surface area (TPSA) is 59.5 Å². The number of nitrogens with zero attached hydrogens (tertiary/aromatic N) is 2. The highest BCUT2D eigenvalue weighted by atomic mass is 32.1. The van der Waals surface area contributed by atoms with E-state index < -0.39 is 0 Å². The second kappa shape index (κ2) is 6.90. The lowest BCUT2D eigenvalue weighted by atomic mass is 10.2. The van der Waals surface area contributed by atoms with Gasteiger partial charge in [0.25, 0.3) is 5.24 Å². The van der Waals surface area contributed by atoms with Crippen LogP contribution < -0.4 is 0 Å². The Kier molecular flexibility index (Phi) is 5.48. The summed E-state index contributed by atoms with van der Waals surface area (Å²) in [7, 11) is 1.32. The molecule has 17 heavy (non-hydrogen) atoms. The van der Waals surface area contributed by atoms with E-state index in [1.165, 1.54) is 12.0 Å². The molecule has 0 spiro atoms. The van der Waals surface area contributed by atoms with Gasteiger partial charge in [0.15, 0.2) is 0 Å². The van der Waals surface area contributed by atoms with Gasteiger partial charge in [-0.3, -0.25) is 14.6 Å². The fraction of sp³-hybridized carbons (Fsp3) is 0.364. The Morgan fingerprint density at radius 1 is 1.53 bits per heavy atom. The van der Waals surface area contributed by atoms with Crippen LogP contribution in [0.3, 0.4) is 0 Å². The normalized spacial score (nSPS) is 9.76. The van der Waals surface area contributed by atoms with Crippen LogP contribution in [-0.4, -0.2) is 34.7 Å². The molecule has 0 aliphatic carbocycles. The SMILES string of the molecule is COC(=O)CCN(Cc1cccnc1)C(=O)S. The third-order valence-corrected chi connectivity index (χ3v) is 2.46. The van der Waals surface area contributed by atoms with Gasteiger partial charge in [-0.15, -0.1) is 0 Å². The Bertz CT molecular complexity index is 384. The highest BCUT2D eigenvalue weighted by Gasteiger charge is 2.12. The number of aromatic nitrogens is 1. The Hall–Kier alpha value is -1.56. The zero-order valence-electron chi connectivity index (χ0n) is 9.50. The van der Waals surface area contributed by atoms with E-state index in [4.69, 9.17) is 0 Å². The van der Waals surface area contributed by atoms with E-state index in [-0.39, 0.29) is 24.2 Å². The van der Waals surface area contributed by atoms with Crippen LogP contribution in [0.2, 0.25) is 0 Å². The Morgan fingerprint density at radius 2 is 2.29 bits per heavy atom. The third-order valence-electron chi connectivity index (χ3n) is 2.18. The fourth-order valence-corrected chi connectivity index (χ4v) is 1.45. The Morgan fingerprint density at radius 3 is 2.82 bits per heavy atom. The quantitative estimate of drug-likeness (QED) is 0.639. The van der Waals surface area contributed by atoms with E-state index in [0.717, 1.165) is 5.56 Å². The zero-order valence-corrected chi connectivity index (χ0v) is 10.4. The van der Waals surface area contributed by atoms with Crippen molar-refractivity contribution in [1.82, 2.24) is 9.88 Å². The minimum absolute atomic E-state index is 0.156. The first-order valence-corrected chi connectivity index (χ1v) is 5.52. The maximum Gasteiger partial charge on any atom is 0.307 e. The Balaban J connectivity index is 2.55. The summed E-state index contributed by atoms with van der Waals surface area (Å²) in [6, 6.07) is 3.64. The molecule has 0 bridgehead atoms. The molecule has 0 aromatic carbocycles. The predicted octanol–water partition coefficient (Wildman–Crippen LogP) is 1.50. The van der Waals surface area contributed by atoms with Gasteiger partial charge in [0.2, 0.25) is 0 Å². The highest BCUT2D eigenvalue weighted by molar-refractivity contribution is 7.96. The molecule has 0 atom stereocenters. The van der Waals surface area contributed by atoms with Crippen LogP contribution in [0.15, 0.2) is 24.5 Å². The standard InChI is InChI=1S/C11H14N2O3S/c1-16-10(14)4-6-13(11(15)17)8-9-3-2-5-12-7-9/h2-3,5,7H,4,6,8H2,1H3,(H,15,17). The molecule has 1 aromatic rings. The number of pyridine rings is 1. The van der Waals surface area contributed by atoms with Gasteiger partial charge in [-0.1, -0.05) is 18.7 Å². The van der Waals surface area contributed by atoms with Gasteiger partial charge >= 0.3 is 5.97 Å². The van der Waals surface area contributed by atoms with Gasteiger partial charge in [-0.25, -0.2) is 0 Å². The maximum absolute atomic E-state index is 11.3. The van der Waals surface area contributed by atoms with Crippen LogP contribution in [0.5, 0.6) is 0 Å². The summed E-state index contributed by atoms with van der Waals surface area (Å²) in [6.45, 7) is 0.664. The molecule has 0 unspecified atom stereocenters. The van der Waals surface area contributed by atoms with E-state index in [9.17, 15) is 9.59 Å². The van der Waals surface area contributed by atoms with Crippen molar-refractivity contribution in [1.29, 1.82) is 0 Å². The summed E-state index contributed by atoms with van der Waals surface area (Å²) in [6.07, 6.45) is 3.48. The number of methoxy groups -OCH3 is 1. The average Bonchev–Trinajstić information content (AvgIpc) is 2.34. The number of carbonyl (C=O) groups excluding carboxylic acids is 2. The second-order valence-electron chi connectivity index (χ2n) is 3.39. The second-order valence-corrected chi connectivity index (χ2v) is 3.77. The third kappa shape index (κ3) is 4.86. The molecule has 0 fully saturated rings. The molecule has 0 radical (unpaired) electrons. The van der Waals surface area contributed by atoms with Gasteiger partial charge in [-0.2, -0.15) is 0 Å². The van der Waals surface area contributed by atoms with Crippen LogP contribution in [-0.2, 0) is 16.1 Å². The van der Waals surface area contributed by atoms with Gasteiger partial charge in [0.1, 0.15) is 0 Å². The van der Waals surface area contributed by atoms with Crippen molar-refractivity contribution >= 4 is 23.8 Å². The zero-order chi connectivity index (χ0) is 12.7. The summed E-state index contributed by atoms with van der Waals surface area (Å²) in [4.78, 5) is 27.7. The number of rotatable bonds is 5. The monoisotopic (exact) mass is 254 g/mol. The van der Waals surface area contributed by atoms with Crippen molar-refractivity contribution in [3.8, 4) is 0 Å². The fourth-order valence-electron chi connectivity index (χ4n) is 1.28. The van der Waals surface area contributed by atoms with E-state index in [2.05, 4.69) is 22.3 Å². The molecule has 1 aromatic heterocycles. The first-order valence-electron chi connectivity index (χ1n) is 5.07. The smallest absolute Gasteiger partial charge is 0.307 e. The van der Waals surface area contributed by atoms with Crippen LogP contribution in [0.4, 0.5) is 4.79 Å². The first-order chi connectivity index (χ1) is 8.13. The molecule has 1 amide bonds. The lowest BCUT2D eigenvalue weighted by Gasteiger charge is -2.19. The van der Waals surface area contributed by atoms with Crippen LogP contribution in [0.25, 0.3) is 0 Å². The molecule has 1 heterocycles. The van der Waals surface area contributed by atoms with Crippen LogP contribution >= 0.6 is 12.6 Å². The summed E-state index contributed by atoms with van der Waals surface area (Å²) in [5, 5.41) is -0.377. The molecule has 0 aliphatic rings. The lowest BCUT2D eigenvalue weighted by Crippen LogP contribution is -2.28. The minimum Gasteiger partial charge on any atom is -0.469 e.